The van der Waals surface area contributed by atoms with Crippen molar-refractivity contribution in [2.45, 2.75) is 38.8 Å². The Morgan fingerprint density at radius 3 is 2.92 bits per heavy atom. The Labute approximate surface area is 141 Å². The number of carbonyl (C=O) groups excluding carboxylic acids is 1. The molecule has 2 heterocycles. The fourth-order valence-corrected chi connectivity index (χ4v) is 2.68. The molecule has 1 aliphatic rings. The largest absolute Gasteiger partial charge is 0.444 e. The van der Waals surface area contributed by atoms with E-state index in [2.05, 4.69) is 15.3 Å². The monoisotopic (exact) mass is 329 g/mol. The fourth-order valence-electron chi connectivity index (χ4n) is 2.68. The molecule has 1 amide bonds. The minimum Gasteiger partial charge on any atom is -0.444 e. The van der Waals surface area contributed by atoms with E-state index in [0.29, 0.717) is 24.6 Å². The molecule has 1 fully saturated rings. The summed E-state index contributed by atoms with van der Waals surface area (Å²) in [4.78, 5) is 22.7. The van der Waals surface area contributed by atoms with Crippen LogP contribution in [0, 0.1) is 0 Å². The Balaban J connectivity index is 1.63. The Hall–Kier alpha value is -2.57. The summed E-state index contributed by atoms with van der Waals surface area (Å²) in [6.45, 7) is 6.87. The first-order valence-electron chi connectivity index (χ1n) is 8.07. The number of nitrogens with two attached hydrogens (primary N) is 1. The number of nitrogens with one attached hydrogen (secondary N) is 1. The van der Waals surface area contributed by atoms with Crippen molar-refractivity contribution in [3.8, 4) is 0 Å². The van der Waals surface area contributed by atoms with Gasteiger partial charge in [-0.15, -0.1) is 0 Å². The molecular weight excluding hydrogens is 306 g/mol. The van der Waals surface area contributed by atoms with Crippen LogP contribution in [0.3, 0.4) is 0 Å². The third kappa shape index (κ3) is 3.84. The second kappa shape index (κ2) is 6.14. The minimum absolute atomic E-state index is 0.137. The van der Waals surface area contributed by atoms with Crippen molar-refractivity contribution in [3.05, 3.63) is 24.4 Å². The zero-order chi connectivity index (χ0) is 17.3. The van der Waals surface area contributed by atoms with Crippen molar-refractivity contribution in [1.82, 2.24) is 14.9 Å². The molecule has 1 aliphatic heterocycles. The summed E-state index contributed by atoms with van der Waals surface area (Å²) < 4.78 is 5.41. The van der Waals surface area contributed by atoms with Gasteiger partial charge in [0.05, 0.1) is 17.2 Å². The minimum atomic E-state index is -0.478. The maximum absolute atomic E-state index is 12.1. The van der Waals surface area contributed by atoms with Gasteiger partial charge in [-0.05, 0) is 45.4 Å². The van der Waals surface area contributed by atoms with E-state index >= 15 is 0 Å². The van der Waals surface area contributed by atoms with Crippen molar-refractivity contribution in [3.63, 3.8) is 0 Å². The van der Waals surface area contributed by atoms with Crippen LogP contribution >= 0.6 is 0 Å². The average molecular weight is 329 g/mol. The van der Waals surface area contributed by atoms with Gasteiger partial charge in [0.1, 0.15) is 11.4 Å². The van der Waals surface area contributed by atoms with E-state index < -0.39 is 5.60 Å². The highest BCUT2D eigenvalue weighted by molar-refractivity contribution is 5.79. The molecule has 0 saturated carbocycles. The van der Waals surface area contributed by atoms with Gasteiger partial charge in [0, 0.05) is 24.8 Å². The van der Waals surface area contributed by atoms with Crippen molar-refractivity contribution in [2.24, 2.45) is 0 Å². The molecule has 0 unspecified atom stereocenters. The molecular formula is C17H23N5O2. The molecule has 3 N–H and O–H groups in total. The number of fused-ring (bicyclic) bond motifs is 1. The first-order valence-corrected chi connectivity index (χ1v) is 8.07. The number of rotatable bonds is 2. The second-order valence-electron chi connectivity index (χ2n) is 7.06. The maximum Gasteiger partial charge on any atom is 0.410 e. The number of likely N-dealkylation sites (tertiary alicyclic amines) is 1. The standard InChI is InChI=1S/C17H23N5O2/c1-17(2,3)24-16(23)22-7-6-12(10-22)20-15-9-19-14-8-11(18)4-5-13(14)21-15/h4-5,8-9,12H,6-7,10,18H2,1-3H3,(H,20,21)/t12-/m0/s1. The summed E-state index contributed by atoms with van der Waals surface area (Å²) >= 11 is 0. The molecule has 1 atom stereocenters. The summed E-state index contributed by atoms with van der Waals surface area (Å²) in [5.74, 6) is 0.698. The van der Waals surface area contributed by atoms with Crippen LogP contribution in [0.25, 0.3) is 11.0 Å². The number of hydrogen-bond acceptors (Lipinski definition) is 6. The maximum atomic E-state index is 12.1. The van der Waals surface area contributed by atoms with Gasteiger partial charge in [-0.3, -0.25) is 4.98 Å². The predicted molar refractivity (Wildman–Crippen MR) is 93.8 cm³/mol. The first-order chi connectivity index (χ1) is 11.3. The lowest BCUT2D eigenvalue weighted by Gasteiger charge is -2.24. The Bertz CT molecular complexity index is 756. The second-order valence-corrected chi connectivity index (χ2v) is 7.06. The zero-order valence-electron chi connectivity index (χ0n) is 14.2. The molecule has 2 aromatic rings. The third-order valence-electron chi connectivity index (χ3n) is 3.76. The molecule has 128 valence electrons. The number of ether oxygens (including phenoxy) is 1. The molecule has 7 nitrogen and oxygen atoms in total. The highest BCUT2D eigenvalue weighted by atomic mass is 16.6. The lowest BCUT2D eigenvalue weighted by atomic mass is 10.2. The summed E-state index contributed by atoms with van der Waals surface area (Å²) in [7, 11) is 0. The average Bonchev–Trinajstić information content (AvgIpc) is 2.94. The SMILES string of the molecule is CC(C)(C)OC(=O)N1CC[C@H](Nc2cnc3cc(N)ccc3n2)C1. The molecule has 1 saturated heterocycles. The number of carbonyl (C=O) groups is 1. The molecule has 24 heavy (non-hydrogen) atoms. The lowest BCUT2D eigenvalue weighted by Crippen LogP contribution is -2.36. The molecule has 3 rings (SSSR count). The van der Waals surface area contributed by atoms with Crippen LogP contribution in [0.1, 0.15) is 27.2 Å². The Morgan fingerprint density at radius 1 is 1.38 bits per heavy atom. The van der Waals surface area contributed by atoms with Crippen LogP contribution in [0.2, 0.25) is 0 Å². The number of aromatic nitrogens is 2. The van der Waals surface area contributed by atoms with Crippen molar-refractivity contribution >= 4 is 28.6 Å². The summed E-state index contributed by atoms with van der Waals surface area (Å²) in [6, 6.07) is 5.59. The van der Waals surface area contributed by atoms with Gasteiger partial charge in [0.15, 0.2) is 0 Å². The molecule has 0 aliphatic carbocycles. The number of nitrogens with zero attached hydrogens (tertiary/aromatic N) is 3. The van der Waals surface area contributed by atoms with E-state index in [4.69, 9.17) is 10.5 Å². The van der Waals surface area contributed by atoms with Gasteiger partial charge in [-0.25, -0.2) is 9.78 Å². The van der Waals surface area contributed by atoms with Crippen LogP contribution < -0.4 is 11.1 Å². The van der Waals surface area contributed by atoms with E-state index in [9.17, 15) is 4.79 Å². The van der Waals surface area contributed by atoms with Crippen LogP contribution in [0.4, 0.5) is 16.3 Å². The van der Waals surface area contributed by atoms with Crippen LogP contribution in [0.15, 0.2) is 24.4 Å². The molecule has 0 radical (unpaired) electrons. The molecule has 1 aromatic heterocycles. The Kier molecular flexibility index (Phi) is 4.17. The van der Waals surface area contributed by atoms with Crippen LogP contribution in [-0.2, 0) is 4.74 Å². The predicted octanol–water partition coefficient (Wildman–Crippen LogP) is 2.63. The van der Waals surface area contributed by atoms with Crippen molar-refractivity contribution < 1.29 is 9.53 Å². The van der Waals surface area contributed by atoms with E-state index in [1.54, 1.807) is 23.2 Å². The number of anilines is 2. The number of nitrogen functional groups attached to an aromatic ring is 1. The van der Waals surface area contributed by atoms with E-state index in [-0.39, 0.29) is 12.1 Å². The van der Waals surface area contributed by atoms with Gasteiger partial charge in [-0.2, -0.15) is 0 Å². The molecule has 0 spiro atoms. The summed E-state index contributed by atoms with van der Waals surface area (Å²) in [5.41, 5.74) is 7.49. The van der Waals surface area contributed by atoms with Gasteiger partial charge < -0.3 is 20.7 Å². The van der Waals surface area contributed by atoms with Crippen molar-refractivity contribution in [2.75, 3.05) is 24.1 Å². The quantitative estimate of drug-likeness (QED) is 0.823. The van der Waals surface area contributed by atoms with Crippen LogP contribution in [-0.4, -0.2) is 45.7 Å². The van der Waals surface area contributed by atoms with Gasteiger partial charge in [-0.1, -0.05) is 0 Å². The highest BCUT2D eigenvalue weighted by Gasteiger charge is 2.29. The third-order valence-corrected chi connectivity index (χ3v) is 3.76. The summed E-state index contributed by atoms with van der Waals surface area (Å²) in [6.07, 6.45) is 2.27. The van der Waals surface area contributed by atoms with E-state index in [0.717, 1.165) is 17.5 Å². The number of hydrogen-bond donors (Lipinski definition) is 2. The van der Waals surface area contributed by atoms with E-state index in [1.807, 2.05) is 26.8 Å². The number of amides is 1. The molecule has 1 aromatic carbocycles. The first kappa shape index (κ1) is 16.3. The highest BCUT2D eigenvalue weighted by Crippen LogP contribution is 2.19. The molecule has 0 bridgehead atoms. The fraction of sp³-hybridized carbons (Fsp3) is 0.471. The zero-order valence-corrected chi connectivity index (χ0v) is 14.2. The lowest BCUT2D eigenvalue weighted by molar-refractivity contribution is 0.0293. The molecule has 7 heteroatoms. The summed E-state index contributed by atoms with van der Waals surface area (Å²) in [5, 5.41) is 3.34. The van der Waals surface area contributed by atoms with Gasteiger partial charge >= 0.3 is 6.09 Å². The van der Waals surface area contributed by atoms with Crippen molar-refractivity contribution in [1.29, 1.82) is 0 Å². The Morgan fingerprint density at radius 2 is 2.17 bits per heavy atom. The normalized spacial score (nSPS) is 18.0. The van der Waals surface area contributed by atoms with Crippen LogP contribution in [0.5, 0.6) is 0 Å². The van der Waals surface area contributed by atoms with Gasteiger partial charge in [0.2, 0.25) is 0 Å². The number of benzene rings is 1. The smallest absolute Gasteiger partial charge is 0.410 e. The topological polar surface area (TPSA) is 93.4 Å². The van der Waals surface area contributed by atoms with Gasteiger partial charge in [0.25, 0.3) is 0 Å². The van der Waals surface area contributed by atoms with E-state index in [1.165, 1.54) is 0 Å².